The number of hydrogen-bond acceptors (Lipinski definition) is 6. The first-order valence-electron chi connectivity index (χ1n) is 10.2. The van der Waals surface area contributed by atoms with Gasteiger partial charge in [0.2, 0.25) is 11.9 Å². The van der Waals surface area contributed by atoms with E-state index in [2.05, 4.69) is 15.0 Å². The van der Waals surface area contributed by atoms with Crippen LogP contribution in [-0.4, -0.2) is 21.5 Å². The number of ether oxygens (including phenoxy) is 1. The maximum atomic E-state index is 13.2. The number of alkyl halides is 6. The third-order valence-corrected chi connectivity index (χ3v) is 4.78. The van der Waals surface area contributed by atoms with E-state index < -0.39 is 30.1 Å². The number of hydrogen-bond donors (Lipinski definition) is 1. The van der Waals surface area contributed by atoms with Crippen molar-refractivity contribution in [1.29, 1.82) is 0 Å². The molecule has 3 aromatic rings. The molecule has 0 amide bonds. The number of nitrogens with zero attached hydrogens (tertiary/aromatic N) is 4. The van der Waals surface area contributed by atoms with Crippen LogP contribution in [0.1, 0.15) is 36.5 Å². The molecule has 0 radical (unpaired) electrons. The van der Waals surface area contributed by atoms with E-state index in [9.17, 15) is 26.3 Å². The lowest BCUT2D eigenvalue weighted by molar-refractivity contribution is -0.139. The molecule has 0 saturated heterocycles. The molecule has 0 aliphatic carbocycles. The lowest BCUT2D eigenvalue weighted by Crippen LogP contribution is -2.22. The largest absolute Gasteiger partial charge is 0.458 e. The fraction of sp³-hybridized carbons (Fsp3) is 0.318. The minimum Gasteiger partial charge on any atom is -0.458 e. The minimum atomic E-state index is -4.57. The summed E-state index contributed by atoms with van der Waals surface area (Å²) in [5.74, 6) is -0.252. The van der Waals surface area contributed by atoms with Crippen molar-refractivity contribution in [3.63, 3.8) is 0 Å². The zero-order chi connectivity index (χ0) is 24.9. The molecule has 34 heavy (non-hydrogen) atoms. The Hall–Kier alpha value is -3.57. The van der Waals surface area contributed by atoms with Gasteiger partial charge in [-0.05, 0) is 36.8 Å². The lowest BCUT2D eigenvalue weighted by atomic mass is 10.1. The molecule has 3 rings (SSSR count). The maximum Gasteiger partial charge on any atom is 0.416 e. The summed E-state index contributed by atoms with van der Waals surface area (Å²) in [6.45, 7) is 1.80. The molecule has 0 unspecified atom stereocenters. The summed E-state index contributed by atoms with van der Waals surface area (Å²) in [5, 5.41) is 0. The maximum absolute atomic E-state index is 13.2. The summed E-state index contributed by atoms with van der Waals surface area (Å²) in [4.78, 5) is 13.5. The fourth-order valence-corrected chi connectivity index (χ4v) is 3.10. The van der Waals surface area contributed by atoms with E-state index >= 15 is 0 Å². The summed E-state index contributed by atoms with van der Waals surface area (Å²) in [7, 11) is 0. The summed E-state index contributed by atoms with van der Waals surface area (Å²) >= 11 is 0. The molecule has 2 aromatic carbocycles. The van der Waals surface area contributed by atoms with Gasteiger partial charge in [0.05, 0.1) is 11.1 Å². The quantitative estimate of drug-likeness (QED) is 0.394. The normalized spacial score (nSPS) is 12.0. The summed E-state index contributed by atoms with van der Waals surface area (Å²) < 4.78 is 83.8. The van der Waals surface area contributed by atoms with Crippen molar-refractivity contribution >= 4 is 17.6 Å². The molecular formula is C22H21F6N5O. The third-order valence-electron chi connectivity index (χ3n) is 4.78. The molecular weight excluding hydrogens is 464 g/mol. The highest BCUT2D eigenvalue weighted by molar-refractivity contribution is 5.58. The Kier molecular flexibility index (Phi) is 7.48. The van der Waals surface area contributed by atoms with Gasteiger partial charge in [0, 0.05) is 17.8 Å². The Bertz CT molecular complexity index is 1100. The molecule has 182 valence electrons. The Morgan fingerprint density at radius 2 is 1.56 bits per heavy atom. The number of halogens is 6. The van der Waals surface area contributed by atoms with Gasteiger partial charge in [0.25, 0.3) is 0 Å². The molecule has 12 heteroatoms. The number of unbranched alkanes of at least 4 members (excludes halogenated alkanes) is 1. The molecule has 6 nitrogen and oxygen atoms in total. The van der Waals surface area contributed by atoms with E-state index in [1.165, 1.54) is 35.2 Å². The molecule has 0 spiro atoms. The van der Waals surface area contributed by atoms with Crippen LogP contribution in [0.3, 0.4) is 0 Å². The predicted octanol–water partition coefficient (Wildman–Crippen LogP) is 6.01. The van der Waals surface area contributed by atoms with Crippen molar-refractivity contribution in [1.82, 2.24) is 15.0 Å². The van der Waals surface area contributed by atoms with Crippen LogP contribution >= 0.6 is 0 Å². The first kappa shape index (κ1) is 25.1. The predicted molar refractivity (Wildman–Crippen MR) is 113 cm³/mol. The van der Waals surface area contributed by atoms with E-state index in [-0.39, 0.29) is 23.5 Å². The minimum absolute atomic E-state index is 0.000171. The highest BCUT2D eigenvalue weighted by Crippen LogP contribution is 2.33. The van der Waals surface area contributed by atoms with Crippen LogP contribution in [0, 0.1) is 0 Å². The van der Waals surface area contributed by atoms with Gasteiger partial charge in [-0.1, -0.05) is 31.5 Å². The Morgan fingerprint density at radius 3 is 2.18 bits per heavy atom. The van der Waals surface area contributed by atoms with Gasteiger partial charge in [-0.15, -0.1) is 0 Å². The van der Waals surface area contributed by atoms with Crippen LogP contribution in [0.25, 0.3) is 0 Å². The van der Waals surface area contributed by atoms with Gasteiger partial charge in [0.15, 0.2) is 0 Å². The zero-order valence-corrected chi connectivity index (χ0v) is 18.0. The Labute approximate surface area is 191 Å². The second-order valence-electron chi connectivity index (χ2n) is 7.27. The Morgan fingerprint density at radius 1 is 0.882 bits per heavy atom. The number of rotatable bonds is 8. The SMILES string of the molecule is CCCCN(c1ccc(C(F)(F)F)cc1)c1nc(N)nc(OCc2ccccc2C(F)(F)F)n1. The zero-order valence-electron chi connectivity index (χ0n) is 18.0. The molecule has 0 aliphatic rings. The molecule has 0 fully saturated rings. The van der Waals surface area contributed by atoms with Crippen molar-refractivity contribution in [3.8, 4) is 6.01 Å². The average Bonchev–Trinajstić information content (AvgIpc) is 2.77. The van der Waals surface area contributed by atoms with Crippen LogP contribution in [-0.2, 0) is 19.0 Å². The summed E-state index contributed by atoms with van der Waals surface area (Å²) in [6, 6.07) is 9.02. The van der Waals surface area contributed by atoms with E-state index in [1.54, 1.807) is 0 Å². The lowest BCUT2D eigenvalue weighted by Gasteiger charge is -2.23. The third kappa shape index (κ3) is 6.27. The second-order valence-corrected chi connectivity index (χ2v) is 7.27. The highest BCUT2D eigenvalue weighted by atomic mass is 19.4. The highest BCUT2D eigenvalue weighted by Gasteiger charge is 2.33. The van der Waals surface area contributed by atoms with Crippen LogP contribution in [0.5, 0.6) is 6.01 Å². The number of benzene rings is 2. The van der Waals surface area contributed by atoms with Gasteiger partial charge in [-0.2, -0.15) is 41.3 Å². The monoisotopic (exact) mass is 485 g/mol. The first-order chi connectivity index (χ1) is 16.0. The number of nitrogens with two attached hydrogens (primary N) is 1. The average molecular weight is 485 g/mol. The van der Waals surface area contributed by atoms with Crippen molar-refractivity contribution in [2.75, 3.05) is 17.2 Å². The second kappa shape index (κ2) is 10.1. The van der Waals surface area contributed by atoms with Crippen molar-refractivity contribution in [2.45, 2.75) is 38.7 Å². The molecule has 0 bridgehead atoms. The molecule has 2 N–H and O–H groups in total. The molecule has 1 aromatic heterocycles. The fourth-order valence-electron chi connectivity index (χ4n) is 3.10. The summed E-state index contributed by atoms with van der Waals surface area (Å²) in [5.41, 5.74) is 4.34. The van der Waals surface area contributed by atoms with E-state index in [1.807, 2.05) is 6.92 Å². The molecule has 1 heterocycles. The van der Waals surface area contributed by atoms with Gasteiger partial charge < -0.3 is 15.4 Å². The van der Waals surface area contributed by atoms with Crippen LogP contribution in [0.4, 0.5) is 43.9 Å². The molecule has 0 atom stereocenters. The first-order valence-corrected chi connectivity index (χ1v) is 10.2. The van der Waals surface area contributed by atoms with Gasteiger partial charge in [-0.25, -0.2) is 0 Å². The number of nitrogen functional groups attached to an aromatic ring is 1. The molecule has 0 aliphatic heterocycles. The van der Waals surface area contributed by atoms with E-state index in [0.717, 1.165) is 24.6 Å². The number of aromatic nitrogens is 3. The van der Waals surface area contributed by atoms with Gasteiger partial charge in [0.1, 0.15) is 6.61 Å². The van der Waals surface area contributed by atoms with Crippen molar-refractivity contribution < 1.29 is 31.1 Å². The smallest absolute Gasteiger partial charge is 0.416 e. The van der Waals surface area contributed by atoms with Gasteiger partial charge >= 0.3 is 18.4 Å². The van der Waals surface area contributed by atoms with E-state index in [4.69, 9.17) is 10.5 Å². The standard InChI is InChI=1S/C22H21F6N5O/c1-2-3-12-33(16-10-8-15(9-11-16)21(23,24)25)19-30-18(29)31-20(32-19)34-13-14-6-4-5-7-17(14)22(26,27)28/h4-11H,2-3,12-13H2,1H3,(H2,29,30,31,32). The van der Waals surface area contributed by atoms with Crippen LogP contribution in [0.2, 0.25) is 0 Å². The molecule has 0 saturated carbocycles. The van der Waals surface area contributed by atoms with E-state index in [0.29, 0.717) is 18.7 Å². The van der Waals surface area contributed by atoms with Crippen LogP contribution in [0.15, 0.2) is 48.5 Å². The number of anilines is 3. The summed E-state index contributed by atoms with van der Waals surface area (Å²) in [6.07, 6.45) is -7.63. The van der Waals surface area contributed by atoms with Crippen LogP contribution < -0.4 is 15.4 Å². The Balaban J connectivity index is 1.89. The topological polar surface area (TPSA) is 77.2 Å². The van der Waals surface area contributed by atoms with Crippen molar-refractivity contribution in [3.05, 3.63) is 65.2 Å². The van der Waals surface area contributed by atoms with Crippen molar-refractivity contribution in [2.24, 2.45) is 0 Å². The van der Waals surface area contributed by atoms with Gasteiger partial charge in [-0.3, -0.25) is 0 Å².